The molecule has 8 heteroatoms. The third kappa shape index (κ3) is 10.5. The Kier molecular flexibility index (Phi) is 14.1. The summed E-state index contributed by atoms with van der Waals surface area (Å²) in [6.45, 7) is 5.46. The van der Waals surface area contributed by atoms with Crippen molar-refractivity contribution < 1.29 is 9.53 Å². The van der Waals surface area contributed by atoms with Crippen molar-refractivity contribution in [2.45, 2.75) is 64.3 Å². The molecule has 0 unspecified atom stereocenters. The average Bonchev–Trinajstić information content (AvgIpc) is 3.24. The lowest BCUT2D eigenvalue weighted by molar-refractivity contribution is -0.143. The van der Waals surface area contributed by atoms with Crippen molar-refractivity contribution >= 4 is 52.2 Å². The van der Waals surface area contributed by atoms with E-state index in [1.807, 2.05) is 25.3 Å². The van der Waals surface area contributed by atoms with Crippen LogP contribution in [0.25, 0.3) is 0 Å². The number of halogens is 1. The summed E-state index contributed by atoms with van der Waals surface area (Å²) in [6.07, 6.45) is 8.30. The quantitative estimate of drug-likeness (QED) is 0.144. The van der Waals surface area contributed by atoms with Crippen molar-refractivity contribution in [2.75, 3.05) is 38.2 Å². The molecule has 2 N–H and O–H groups in total. The molecule has 29 heavy (non-hydrogen) atoms. The van der Waals surface area contributed by atoms with Gasteiger partial charge in [0.05, 0.1) is 11.6 Å². The Balaban J connectivity index is 0.00000420. The average molecular weight is 537 g/mol. The van der Waals surface area contributed by atoms with Crippen molar-refractivity contribution in [3.63, 3.8) is 0 Å². The summed E-state index contributed by atoms with van der Waals surface area (Å²) in [5.41, 5.74) is 0. The standard InChI is InChI=1S/C21H36N4O2S.HI/c1-3-27-20(26)11-7-5-4-6-8-14-23-21(22-2)24-18-12-15-25(16-13-18)19-10-9-17-28-19;/h9-10,17-18H,3-8,11-16H2,1-2H3,(H2,22,23,24);1H. The van der Waals surface area contributed by atoms with Crippen LogP contribution in [0.15, 0.2) is 22.5 Å². The molecule has 2 heterocycles. The number of unbranched alkanes of at least 4 members (excludes halogenated alkanes) is 4. The predicted molar refractivity (Wildman–Crippen MR) is 134 cm³/mol. The zero-order chi connectivity index (χ0) is 20.0. The smallest absolute Gasteiger partial charge is 0.305 e. The zero-order valence-corrected chi connectivity index (χ0v) is 21.0. The number of thiophene rings is 1. The van der Waals surface area contributed by atoms with Crippen molar-refractivity contribution in [1.82, 2.24) is 10.6 Å². The summed E-state index contributed by atoms with van der Waals surface area (Å²) in [5, 5.41) is 10.5. The number of rotatable bonds is 11. The number of piperidine rings is 1. The van der Waals surface area contributed by atoms with Crippen LogP contribution in [0.4, 0.5) is 5.00 Å². The summed E-state index contributed by atoms with van der Waals surface area (Å²) < 4.78 is 4.94. The first-order valence-corrected chi connectivity index (χ1v) is 11.5. The van der Waals surface area contributed by atoms with Gasteiger partial charge in [0.25, 0.3) is 0 Å². The molecule has 0 spiro atoms. The van der Waals surface area contributed by atoms with Gasteiger partial charge in [-0.2, -0.15) is 0 Å². The van der Waals surface area contributed by atoms with E-state index in [-0.39, 0.29) is 29.9 Å². The van der Waals surface area contributed by atoms with Crippen molar-refractivity contribution in [2.24, 2.45) is 4.99 Å². The van der Waals surface area contributed by atoms with Crippen LogP contribution in [0.2, 0.25) is 0 Å². The van der Waals surface area contributed by atoms with Crippen molar-refractivity contribution in [3.8, 4) is 0 Å². The lowest BCUT2D eigenvalue weighted by Crippen LogP contribution is -2.48. The van der Waals surface area contributed by atoms with E-state index in [4.69, 9.17) is 4.74 Å². The summed E-state index contributed by atoms with van der Waals surface area (Å²) in [4.78, 5) is 18.1. The number of carbonyl (C=O) groups is 1. The fraction of sp³-hybridized carbons (Fsp3) is 0.714. The highest BCUT2D eigenvalue weighted by Gasteiger charge is 2.20. The van der Waals surface area contributed by atoms with E-state index < -0.39 is 0 Å². The molecule has 1 aliphatic rings. The van der Waals surface area contributed by atoms with Gasteiger partial charge >= 0.3 is 5.97 Å². The molecule has 1 saturated heterocycles. The maximum absolute atomic E-state index is 11.3. The third-order valence-electron chi connectivity index (χ3n) is 5.03. The van der Waals surface area contributed by atoms with Gasteiger partial charge in [0, 0.05) is 39.1 Å². The van der Waals surface area contributed by atoms with E-state index in [1.54, 1.807) is 0 Å². The Morgan fingerprint density at radius 3 is 2.62 bits per heavy atom. The molecule has 166 valence electrons. The Morgan fingerprint density at radius 1 is 1.24 bits per heavy atom. The Bertz CT molecular complexity index is 575. The van der Waals surface area contributed by atoms with E-state index in [1.165, 1.54) is 11.4 Å². The van der Waals surface area contributed by atoms with Gasteiger partial charge in [-0.25, -0.2) is 0 Å². The lowest BCUT2D eigenvalue weighted by Gasteiger charge is -2.33. The first kappa shape index (κ1) is 26.0. The van der Waals surface area contributed by atoms with Crippen LogP contribution in [-0.2, 0) is 9.53 Å². The van der Waals surface area contributed by atoms with Gasteiger partial charge in [-0.1, -0.05) is 19.3 Å². The maximum atomic E-state index is 11.3. The topological polar surface area (TPSA) is 66.0 Å². The first-order valence-electron chi connectivity index (χ1n) is 10.6. The summed E-state index contributed by atoms with van der Waals surface area (Å²) in [5.74, 6) is 0.845. The fourth-order valence-electron chi connectivity index (χ4n) is 3.45. The molecule has 6 nitrogen and oxygen atoms in total. The van der Waals surface area contributed by atoms with E-state index in [0.717, 1.165) is 64.1 Å². The second-order valence-corrected chi connectivity index (χ2v) is 8.10. The molecule has 0 aromatic carbocycles. The van der Waals surface area contributed by atoms with Gasteiger partial charge in [0.2, 0.25) is 0 Å². The summed E-state index contributed by atoms with van der Waals surface area (Å²) >= 11 is 1.82. The Morgan fingerprint density at radius 2 is 1.97 bits per heavy atom. The molecular weight excluding hydrogens is 499 g/mol. The third-order valence-corrected chi connectivity index (χ3v) is 5.96. The minimum Gasteiger partial charge on any atom is -0.466 e. The van der Waals surface area contributed by atoms with Crippen LogP contribution in [0.5, 0.6) is 0 Å². The van der Waals surface area contributed by atoms with Gasteiger partial charge in [-0.3, -0.25) is 9.79 Å². The normalized spacial score (nSPS) is 15.0. The van der Waals surface area contributed by atoms with Gasteiger partial charge in [-0.05, 0) is 50.1 Å². The maximum Gasteiger partial charge on any atom is 0.305 e. The molecule has 1 aliphatic heterocycles. The number of anilines is 1. The predicted octanol–water partition coefficient (Wildman–Crippen LogP) is 4.40. The van der Waals surface area contributed by atoms with Crippen molar-refractivity contribution in [3.05, 3.63) is 17.5 Å². The lowest BCUT2D eigenvalue weighted by atomic mass is 10.1. The molecule has 1 aromatic rings. The molecule has 0 amide bonds. The Hall–Kier alpha value is -1.03. The number of nitrogens with one attached hydrogen (secondary N) is 2. The fourth-order valence-corrected chi connectivity index (χ4v) is 4.23. The molecule has 0 bridgehead atoms. The molecule has 0 radical (unpaired) electrons. The van der Waals surface area contributed by atoms with Crippen LogP contribution in [0, 0.1) is 0 Å². The van der Waals surface area contributed by atoms with Gasteiger partial charge in [-0.15, -0.1) is 35.3 Å². The van der Waals surface area contributed by atoms with Crippen LogP contribution in [0.3, 0.4) is 0 Å². The SMILES string of the molecule is CCOC(=O)CCCCCCCNC(=NC)NC1CCN(c2cccs2)CC1.I. The number of guanidine groups is 1. The summed E-state index contributed by atoms with van der Waals surface area (Å²) in [7, 11) is 1.84. The molecular formula is C21H37IN4O2S. The molecule has 2 rings (SSSR count). The molecule has 1 aromatic heterocycles. The second-order valence-electron chi connectivity index (χ2n) is 7.18. The monoisotopic (exact) mass is 536 g/mol. The highest BCUT2D eigenvalue weighted by atomic mass is 127. The highest BCUT2D eigenvalue weighted by molar-refractivity contribution is 14.0. The van der Waals surface area contributed by atoms with E-state index in [0.29, 0.717) is 19.1 Å². The molecule has 1 fully saturated rings. The number of aliphatic imine (C=N–C) groups is 1. The number of nitrogens with zero attached hydrogens (tertiary/aromatic N) is 2. The van der Waals surface area contributed by atoms with Crippen LogP contribution < -0.4 is 15.5 Å². The first-order chi connectivity index (χ1) is 13.7. The van der Waals surface area contributed by atoms with E-state index in [2.05, 4.69) is 38.0 Å². The molecule has 0 saturated carbocycles. The minimum atomic E-state index is -0.0692. The molecule has 0 atom stereocenters. The van der Waals surface area contributed by atoms with Crippen LogP contribution >= 0.6 is 35.3 Å². The number of esters is 1. The molecule has 0 aliphatic carbocycles. The largest absolute Gasteiger partial charge is 0.466 e. The zero-order valence-electron chi connectivity index (χ0n) is 17.8. The van der Waals surface area contributed by atoms with Crippen LogP contribution in [0.1, 0.15) is 58.3 Å². The summed E-state index contributed by atoms with van der Waals surface area (Å²) in [6, 6.07) is 4.82. The minimum absolute atomic E-state index is 0. The number of hydrogen-bond donors (Lipinski definition) is 2. The number of ether oxygens (including phenoxy) is 1. The Labute approximate surface area is 196 Å². The van der Waals surface area contributed by atoms with Crippen LogP contribution in [-0.4, -0.2) is 51.3 Å². The number of hydrogen-bond acceptors (Lipinski definition) is 5. The van der Waals surface area contributed by atoms with Gasteiger partial charge < -0.3 is 20.3 Å². The second kappa shape index (κ2) is 15.8. The van der Waals surface area contributed by atoms with E-state index in [9.17, 15) is 4.79 Å². The van der Waals surface area contributed by atoms with Gasteiger partial charge in [0.1, 0.15) is 0 Å². The van der Waals surface area contributed by atoms with Gasteiger partial charge in [0.15, 0.2) is 5.96 Å². The van der Waals surface area contributed by atoms with Crippen molar-refractivity contribution in [1.29, 1.82) is 0 Å². The number of carbonyl (C=O) groups excluding carboxylic acids is 1. The van der Waals surface area contributed by atoms with E-state index >= 15 is 0 Å². The highest BCUT2D eigenvalue weighted by Crippen LogP contribution is 2.24.